The van der Waals surface area contributed by atoms with Gasteiger partial charge in [-0.25, -0.2) is 0 Å². The van der Waals surface area contributed by atoms with Crippen LogP contribution in [0.3, 0.4) is 0 Å². The van der Waals surface area contributed by atoms with Crippen molar-refractivity contribution in [3.8, 4) is 0 Å². The van der Waals surface area contributed by atoms with E-state index in [1.54, 1.807) is 0 Å². The second kappa shape index (κ2) is 8.37. The van der Waals surface area contributed by atoms with Crippen LogP contribution in [0.2, 0.25) is 0 Å². The Morgan fingerprint density at radius 1 is 0.700 bits per heavy atom. The quantitative estimate of drug-likeness (QED) is 0.742. The van der Waals surface area contributed by atoms with Gasteiger partial charge in [0.15, 0.2) is 12.6 Å². The Morgan fingerprint density at radius 3 is 1.40 bits per heavy atom. The Morgan fingerprint density at radius 2 is 1.05 bits per heavy atom. The molecule has 0 bridgehead atoms. The first-order valence-corrected chi connectivity index (χ1v) is 7.25. The van der Waals surface area contributed by atoms with E-state index in [0.717, 1.165) is 50.4 Å². The molecule has 112 valence electrons. The largest absolute Gasteiger partial charge is 0.349 e. The van der Waals surface area contributed by atoms with Gasteiger partial charge < -0.3 is 18.9 Å². The molecule has 0 radical (unpaired) electrons. The molecule has 2 rings (SSSR count). The fourth-order valence-electron chi connectivity index (χ4n) is 2.07. The number of allylic oxidation sites excluding steroid dienone is 4. The van der Waals surface area contributed by atoms with Gasteiger partial charge in [-0.1, -0.05) is 24.3 Å². The lowest BCUT2D eigenvalue weighted by Gasteiger charge is -2.23. The van der Waals surface area contributed by atoms with Gasteiger partial charge in [0.25, 0.3) is 0 Å². The van der Waals surface area contributed by atoms with E-state index in [1.165, 1.54) is 0 Å². The molecule has 2 fully saturated rings. The van der Waals surface area contributed by atoms with Crippen LogP contribution in [0.5, 0.6) is 0 Å². The lowest BCUT2D eigenvalue weighted by Crippen LogP contribution is -2.25. The predicted molar refractivity (Wildman–Crippen MR) is 77.3 cm³/mol. The Kier molecular flexibility index (Phi) is 6.47. The van der Waals surface area contributed by atoms with Gasteiger partial charge in [0, 0.05) is 0 Å². The summed E-state index contributed by atoms with van der Waals surface area (Å²) in [5, 5.41) is 0. The maximum Gasteiger partial charge on any atom is 0.179 e. The highest BCUT2D eigenvalue weighted by atomic mass is 16.7. The molecule has 0 N–H and O–H groups in total. The van der Waals surface area contributed by atoms with Crippen molar-refractivity contribution in [3.05, 3.63) is 35.5 Å². The Bertz CT molecular complexity index is 336. The molecule has 2 saturated heterocycles. The zero-order valence-electron chi connectivity index (χ0n) is 12.3. The first kappa shape index (κ1) is 15.4. The second-order valence-electron chi connectivity index (χ2n) is 5.06. The van der Waals surface area contributed by atoms with E-state index in [0.29, 0.717) is 0 Å². The SMILES string of the molecule is CC(=CC=CC=C(C)C1OCCCO1)C1OCCCO1. The highest BCUT2D eigenvalue weighted by molar-refractivity contribution is 5.20. The van der Waals surface area contributed by atoms with E-state index < -0.39 is 0 Å². The van der Waals surface area contributed by atoms with Crippen LogP contribution < -0.4 is 0 Å². The van der Waals surface area contributed by atoms with Crippen LogP contribution in [0.15, 0.2) is 35.5 Å². The van der Waals surface area contributed by atoms with E-state index in [1.807, 2.05) is 38.2 Å². The van der Waals surface area contributed by atoms with Crippen molar-refractivity contribution in [1.29, 1.82) is 0 Å². The molecule has 0 aromatic rings. The van der Waals surface area contributed by atoms with Crippen molar-refractivity contribution in [1.82, 2.24) is 0 Å². The normalized spacial score (nSPS) is 24.5. The summed E-state index contributed by atoms with van der Waals surface area (Å²) in [6.45, 7) is 7.13. The molecule has 0 aliphatic carbocycles. The Hall–Kier alpha value is -0.940. The summed E-state index contributed by atoms with van der Waals surface area (Å²) in [6.07, 6.45) is 9.58. The molecule has 4 nitrogen and oxygen atoms in total. The number of hydrogen-bond donors (Lipinski definition) is 0. The van der Waals surface area contributed by atoms with Crippen LogP contribution in [0.1, 0.15) is 26.7 Å². The van der Waals surface area contributed by atoms with Crippen molar-refractivity contribution in [2.45, 2.75) is 39.3 Å². The van der Waals surface area contributed by atoms with E-state index >= 15 is 0 Å². The molecule has 0 spiro atoms. The van der Waals surface area contributed by atoms with Gasteiger partial charge in [-0.15, -0.1) is 0 Å². The molecule has 0 atom stereocenters. The third-order valence-corrected chi connectivity index (χ3v) is 3.23. The minimum absolute atomic E-state index is 0.191. The summed E-state index contributed by atoms with van der Waals surface area (Å²) in [7, 11) is 0. The van der Waals surface area contributed by atoms with Crippen LogP contribution in [0.4, 0.5) is 0 Å². The highest BCUT2D eigenvalue weighted by Crippen LogP contribution is 2.15. The molecule has 2 heterocycles. The third kappa shape index (κ3) is 4.87. The Balaban J connectivity index is 1.82. The van der Waals surface area contributed by atoms with Gasteiger partial charge in [0.05, 0.1) is 26.4 Å². The van der Waals surface area contributed by atoms with Crippen LogP contribution in [0.25, 0.3) is 0 Å². The standard InChI is InChI=1S/C16H24O4/c1-13(15-17-9-5-10-18-15)7-3-4-8-14(2)16-19-11-6-12-20-16/h3-4,7-8,15-16H,5-6,9-12H2,1-2H3. The molecule has 20 heavy (non-hydrogen) atoms. The summed E-state index contributed by atoms with van der Waals surface area (Å²) < 4.78 is 22.1. The van der Waals surface area contributed by atoms with E-state index in [4.69, 9.17) is 18.9 Å². The molecule has 0 saturated carbocycles. The molecular weight excluding hydrogens is 256 g/mol. The third-order valence-electron chi connectivity index (χ3n) is 3.23. The average molecular weight is 280 g/mol. The molecule has 0 unspecified atom stereocenters. The van der Waals surface area contributed by atoms with E-state index in [-0.39, 0.29) is 12.6 Å². The molecule has 2 aliphatic heterocycles. The van der Waals surface area contributed by atoms with Gasteiger partial charge in [-0.2, -0.15) is 0 Å². The smallest absolute Gasteiger partial charge is 0.179 e. The van der Waals surface area contributed by atoms with Crippen LogP contribution >= 0.6 is 0 Å². The molecule has 0 aromatic heterocycles. The van der Waals surface area contributed by atoms with Crippen molar-refractivity contribution < 1.29 is 18.9 Å². The van der Waals surface area contributed by atoms with Gasteiger partial charge in [0.2, 0.25) is 0 Å². The van der Waals surface area contributed by atoms with E-state index in [9.17, 15) is 0 Å². The molecule has 4 heteroatoms. The van der Waals surface area contributed by atoms with Crippen LogP contribution in [-0.4, -0.2) is 39.0 Å². The first-order valence-electron chi connectivity index (χ1n) is 7.25. The minimum Gasteiger partial charge on any atom is -0.349 e. The zero-order valence-corrected chi connectivity index (χ0v) is 12.3. The molecule has 2 aliphatic rings. The topological polar surface area (TPSA) is 36.9 Å². The lowest BCUT2D eigenvalue weighted by atomic mass is 10.2. The summed E-state index contributed by atoms with van der Waals surface area (Å²) in [6, 6.07) is 0. The monoisotopic (exact) mass is 280 g/mol. The number of rotatable bonds is 4. The average Bonchev–Trinajstić information content (AvgIpc) is 2.53. The summed E-state index contributed by atoms with van der Waals surface area (Å²) in [4.78, 5) is 0. The van der Waals surface area contributed by atoms with Crippen molar-refractivity contribution >= 4 is 0 Å². The minimum atomic E-state index is -0.191. The van der Waals surface area contributed by atoms with Crippen molar-refractivity contribution in [2.75, 3.05) is 26.4 Å². The van der Waals surface area contributed by atoms with Gasteiger partial charge in [-0.05, 0) is 37.8 Å². The first-order chi connectivity index (χ1) is 9.77. The van der Waals surface area contributed by atoms with E-state index in [2.05, 4.69) is 0 Å². The summed E-state index contributed by atoms with van der Waals surface area (Å²) in [5.74, 6) is 0. The second-order valence-corrected chi connectivity index (χ2v) is 5.06. The van der Waals surface area contributed by atoms with Crippen molar-refractivity contribution in [2.24, 2.45) is 0 Å². The van der Waals surface area contributed by atoms with Gasteiger partial charge in [-0.3, -0.25) is 0 Å². The number of hydrogen-bond acceptors (Lipinski definition) is 4. The van der Waals surface area contributed by atoms with Gasteiger partial charge in [0.1, 0.15) is 0 Å². The summed E-state index contributed by atoms with van der Waals surface area (Å²) in [5.41, 5.74) is 2.16. The summed E-state index contributed by atoms with van der Waals surface area (Å²) >= 11 is 0. The fraction of sp³-hybridized carbons (Fsp3) is 0.625. The molecule has 0 aromatic carbocycles. The number of ether oxygens (including phenoxy) is 4. The Labute approximate surface area is 121 Å². The predicted octanol–water partition coefficient (Wildman–Crippen LogP) is 2.96. The zero-order chi connectivity index (χ0) is 14.2. The molecular formula is C16H24O4. The fourth-order valence-corrected chi connectivity index (χ4v) is 2.07. The van der Waals surface area contributed by atoms with Crippen molar-refractivity contribution in [3.63, 3.8) is 0 Å². The van der Waals surface area contributed by atoms with Gasteiger partial charge >= 0.3 is 0 Å². The highest BCUT2D eigenvalue weighted by Gasteiger charge is 2.15. The van der Waals surface area contributed by atoms with Crippen LogP contribution in [0, 0.1) is 0 Å². The maximum atomic E-state index is 5.53. The lowest BCUT2D eigenvalue weighted by molar-refractivity contribution is -0.156. The maximum absolute atomic E-state index is 5.53. The molecule has 0 amide bonds. The van der Waals surface area contributed by atoms with Crippen LogP contribution in [-0.2, 0) is 18.9 Å².